The van der Waals surface area contributed by atoms with E-state index in [1.165, 1.54) is 13.1 Å². The van der Waals surface area contributed by atoms with E-state index in [-0.39, 0.29) is 10.8 Å². The number of halogens is 3. The zero-order valence-corrected chi connectivity index (χ0v) is 10.2. The Kier molecular flexibility index (Phi) is 3.92. The van der Waals surface area contributed by atoms with Gasteiger partial charge in [0.2, 0.25) is 0 Å². The summed E-state index contributed by atoms with van der Waals surface area (Å²) >= 11 is 4.79. The van der Waals surface area contributed by atoms with Gasteiger partial charge in [0.25, 0.3) is 0 Å². The maximum absolute atomic E-state index is 12.2. The summed E-state index contributed by atoms with van der Waals surface area (Å²) in [6, 6.07) is 3.08. The molecule has 1 aromatic heterocycles. The SMILES string of the molecule is Cc1cc(C(N)=S)cc(N(C)CC(F)(F)F)n1. The van der Waals surface area contributed by atoms with Crippen molar-refractivity contribution in [3.8, 4) is 0 Å². The summed E-state index contributed by atoms with van der Waals surface area (Å²) in [6.07, 6.45) is -4.27. The lowest BCUT2D eigenvalue weighted by molar-refractivity contribution is -0.119. The van der Waals surface area contributed by atoms with E-state index in [0.29, 0.717) is 11.3 Å². The van der Waals surface area contributed by atoms with Crippen LogP contribution in [0.4, 0.5) is 19.0 Å². The molecule has 0 amide bonds. The fourth-order valence-corrected chi connectivity index (χ4v) is 1.46. The number of anilines is 1. The summed E-state index contributed by atoms with van der Waals surface area (Å²) in [4.78, 5) is 5.16. The average Bonchev–Trinajstić information content (AvgIpc) is 2.13. The zero-order valence-electron chi connectivity index (χ0n) is 9.38. The van der Waals surface area contributed by atoms with Crippen molar-refractivity contribution in [3.05, 3.63) is 23.4 Å². The van der Waals surface area contributed by atoms with Gasteiger partial charge in [0.1, 0.15) is 17.4 Å². The van der Waals surface area contributed by atoms with Gasteiger partial charge in [-0.25, -0.2) is 4.98 Å². The van der Waals surface area contributed by atoms with Crippen LogP contribution >= 0.6 is 12.2 Å². The second-order valence-electron chi connectivity index (χ2n) is 3.69. The summed E-state index contributed by atoms with van der Waals surface area (Å²) in [5.41, 5.74) is 6.52. The number of rotatable bonds is 3. The normalized spacial score (nSPS) is 11.4. The van der Waals surface area contributed by atoms with E-state index < -0.39 is 12.7 Å². The van der Waals surface area contributed by atoms with Crippen LogP contribution in [0.1, 0.15) is 11.3 Å². The Bertz CT molecular complexity index is 431. The first-order chi connectivity index (χ1) is 7.69. The highest BCUT2D eigenvalue weighted by atomic mass is 32.1. The Morgan fingerprint density at radius 3 is 2.53 bits per heavy atom. The van der Waals surface area contributed by atoms with Gasteiger partial charge in [-0.15, -0.1) is 0 Å². The monoisotopic (exact) mass is 263 g/mol. The van der Waals surface area contributed by atoms with Crippen molar-refractivity contribution in [1.82, 2.24) is 4.98 Å². The number of thiocarbonyl (C=S) groups is 1. The van der Waals surface area contributed by atoms with Gasteiger partial charge in [0.05, 0.1) is 0 Å². The van der Waals surface area contributed by atoms with Gasteiger partial charge in [-0.2, -0.15) is 13.2 Å². The van der Waals surface area contributed by atoms with Gasteiger partial charge in [0, 0.05) is 18.3 Å². The van der Waals surface area contributed by atoms with E-state index in [1.807, 2.05) is 0 Å². The second kappa shape index (κ2) is 4.87. The molecule has 0 aromatic carbocycles. The van der Waals surface area contributed by atoms with E-state index >= 15 is 0 Å². The maximum Gasteiger partial charge on any atom is 0.405 e. The van der Waals surface area contributed by atoms with E-state index in [9.17, 15) is 13.2 Å². The van der Waals surface area contributed by atoms with Crippen molar-refractivity contribution in [3.63, 3.8) is 0 Å². The molecular weight excluding hydrogens is 251 g/mol. The van der Waals surface area contributed by atoms with Crippen LogP contribution in [0.25, 0.3) is 0 Å². The zero-order chi connectivity index (χ0) is 13.2. The molecule has 0 radical (unpaired) electrons. The van der Waals surface area contributed by atoms with E-state index in [1.54, 1.807) is 13.0 Å². The van der Waals surface area contributed by atoms with Crippen molar-refractivity contribution < 1.29 is 13.2 Å². The number of hydrogen-bond donors (Lipinski definition) is 1. The smallest absolute Gasteiger partial charge is 0.389 e. The molecule has 0 aliphatic carbocycles. The van der Waals surface area contributed by atoms with Crippen LogP contribution in [0.15, 0.2) is 12.1 Å². The van der Waals surface area contributed by atoms with Gasteiger partial charge >= 0.3 is 6.18 Å². The maximum atomic E-state index is 12.2. The lowest BCUT2D eigenvalue weighted by Gasteiger charge is -2.20. The van der Waals surface area contributed by atoms with E-state index in [2.05, 4.69) is 4.98 Å². The van der Waals surface area contributed by atoms with Gasteiger partial charge in [-0.05, 0) is 19.1 Å². The molecule has 0 unspecified atom stereocenters. The lowest BCUT2D eigenvalue weighted by atomic mass is 10.2. The van der Waals surface area contributed by atoms with Crippen molar-refractivity contribution >= 4 is 23.0 Å². The van der Waals surface area contributed by atoms with Crippen LogP contribution in [0, 0.1) is 6.92 Å². The highest BCUT2D eigenvalue weighted by Crippen LogP contribution is 2.20. The largest absolute Gasteiger partial charge is 0.405 e. The van der Waals surface area contributed by atoms with Crippen molar-refractivity contribution in [2.75, 3.05) is 18.5 Å². The van der Waals surface area contributed by atoms with Crippen LogP contribution in [0.2, 0.25) is 0 Å². The molecule has 0 aliphatic rings. The van der Waals surface area contributed by atoms with Crippen LogP contribution in [0.3, 0.4) is 0 Å². The Morgan fingerprint density at radius 1 is 1.47 bits per heavy atom. The van der Waals surface area contributed by atoms with Crippen LogP contribution in [-0.4, -0.2) is 29.7 Å². The first-order valence-electron chi connectivity index (χ1n) is 4.75. The predicted octanol–water partition coefficient (Wildman–Crippen LogP) is 2.02. The third-order valence-electron chi connectivity index (χ3n) is 2.03. The van der Waals surface area contributed by atoms with Gasteiger partial charge in [0.15, 0.2) is 0 Å². The van der Waals surface area contributed by atoms with Gasteiger partial charge < -0.3 is 10.6 Å². The van der Waals surface area contributed by atoms with Crippen LogP contribution in [0.5, 0.6) is 0 Å². The lowest BCUT2D eigenvalue weighted by Crippen LogP contribution is -2.31. The molecule has 1 aromatic rings. The summed E-state index contributed by atoms with van der Waals surface area (Å²) in [5.74, 6) is 0.199. The average molecular weight is 263 g/mol. The van der Waals surface area contributed by atoms with Gasteiger partial charge in [-0.3, -0.25) is 0 Å². The molecule has 3 nitrogen and oxygen atoms in total. The number of pyridine rings is 1. The second-order valence-corrected chi connectivity index (χ2v) is 4.13. The molecule has 2 N–H and O–H groups in total. The molecule has 0 atom stereocenters. The number of aromatic nitrogens is 1. The predicted molar refractivity (Wildman–Crippen MR) is 64.2 cm³/mol. The topological polar surface area (TPSA) is 42.1 Å². The minimum atomic E-state index is -4.27. The Hall–Kier alpha value is -1.37. The third-order valence-corrected chi connectivity index (χ3v) is 2.27. The molecular formula is C10H12F3N3S. The minimum Gasteiger partial charge on any atom is -0.389 e. The highest BCUT2D eigenvalue weighted by Gasteiger charge is 2.29. The highest BCUT2D eigenvalue weighted by molar-refractivity contribution is 7.80. The summed E-state index contributed by atoms with van der Waals surface area (Å²) < 4.78 is 36.7. The van der Waals surface area contributed by atoms with Crippen molar-refractivity contribution in [2.45, 2.75) is 13.1 Å². The summed E-state index contributed by atoms with van der Waals surface area (Å²) in [7, 11) is 1.32. The molecule has 0 saturated heterocycles. The first kappa shape index (κ1) is 13.7. The number of nitrogens with two attached hydrogens (primary N) is 1. The number of nitrogens with zero attached hydrogens (tertiary/aromatic N) is 2. The standard InChI is InChI=1S/C10H12F3N3S/c1-6-3-7(9(14)17)4-8(15-6)16(2)5-10(11,12)13/h3-4H,5H2,1-2H3,(H2,14,17). The Labute approximate surface area is 102 Å². The Morgan fingerprint density at radius 2 is 2.06 bits per heavy atom. The van der Waals surface area contributed by atoms with E-state index in [0.717, 1.165) is 4.90 Å². The van der Waals surface area contributed by atoms with Crippen LogP contribution < -0.4 is 10.6 Å². The summed E-state index contributed by atoms with van der Waals surface area (Å²) in [5, 5.41) is 0. The number of aryl methyl sites for hydroxylation is 1. The molecule has 94 valence electrons. The Balaban J connectivity index is 3.01. The van der Waals surface area contributed by atoms with E-state index in [4.69, 9.17) is 18.0 Å². The minimum absolute atomic E-state index is 0.136. The molecule has 0 saturated carbocycles. The fourth-order valence-electron chi connectivity index (χ4n) is 1.34. The quantitative estimate of drug-likeness (QED) is 0.847. The molecule has 7 heteroatoms. The van der Waals surface area contributed by atoms with Crippen LogP contribution in [-0.2, 0) is 0 Å². The molecule has 0 fully saturated rings. The molecule has 17 heavy (non-hydrogen) atoms. The number of hydrogen-bond acceptors (Lipinski definition) is 3. The summed E-state index contributed by atoms with van der Waals surface area (Å²) in [6.45, 7) is 0.604. The van der Waals surface area contributed by atoms with Gasteiger partial charge in [-0.1, -0.05) is 12.2 Å². The molecule has 1 rings (SSSR count). The molecule has 0 bridgehead atoms. The fraction of sp³-hybridized carbons (Fsp3) is 0.400. The van der Waals surface area contributed by atoms with Crippen molar-refractivity contribution in [2.24, 2.45) is 5.73 Å². The molecule has 0 spiro atoms. The third kappa shape index (κ3) is 4.18. The molecule has 1 heterocycles. The van der Waals surface area contributed by atoms with Crippen molar-refractivity contribution in [1.29, 1.82) is 0 Å². The molecule has 0 aliphatic heterocycles. The first-order valence-corrected chi connectivity index (χ1v) is 5.16. The number of alkyl halides is 3.